The minimum absolute atomic E-state index is 0.366. The van der Waals surface area contributed by atoms with E-state index in [-0.39, 0.29) is 0 Å². The molecule has 1 saturated carbocycles. The van der Waals surface area contributed by atoms with Gasteiger partial charge in [0.25, 0.3) is 0 Å². The Kier molecular flexibility index (Phi) is 2.87. The normalized spacial score (nSPS) is 18.0. The molecule has 0 spiro atoms. The highest BCUT2D eigenvalue weighted by molar-refractivity contribution is 9.10. The van der Waals surface area contributed by atoms with Crippen molar-refractivity contribution in [1.82, 2.24) is 5.16 Å². The molecule has 4 heteroatoms. The average Bonchev–Trinajstić information content (AvgIpc) is 2.61. The molecule has 14 heavy (non-hydrogen) atoms. The molecule has 0 aromatic carbocycles. The van der Waals surface area contributed by atoms with E-state index in [1.165, 1.54) is 19.3 Å². The molecule has 0 bridgehead atoms. The first kappa shape index (κ1) is 9.72. The molecule has 0 atom stereocenters. The number of nitriles is 1. The molecular formula is C10H11BrN2O. The van der Waals surface area contributed by atoms with Crippen LogP contribution in [0.2, 0.25) is 0 Å². The molecule has 1 aromatic heterocycles. The highest BCUT2D eigenvalue weighted by atomic mass is 79.9. The monoisotopic (exact) mass is 254 g/mol. The van der Waals surface area contributed by atoms with Gasteiger partial charge in [-0.1, -0.05) is 24.4 Å². The summed E-state index contributed by atoms with van der Waals surface area (Å²) in [4.78, 5) is 0. The van der Waals surface area contributed by atoms with Gasteiger partial charge in [-0.05, 0) is 28.8 Å². The topological polar surface area (TPSA) is 49.8 Å². The Balaban J connectivity index is 2.23. The summed E-state index contributed by atoms with van der Waals surface area (Å²) in [7, 11) is 0. The van der Waals surface area contributed by atoms with Crippen LogP contribution in [-0.4, -0.2) is 5.16 Å². The summed E-state index contributed by atoms with van der Waals surface area (Å²) < 4.78 is 5.96. The van der Waals surface area contributed by atoms with Crippen molar-refractivity contribution in [1.29, 1.82) is 5.26 Å². The Hall–Kier alpha value is -0.820. The quantitative estimate of drug-likeness (QED) is 0.773. The smallest absolute Gasteiger partial charge is 0.197 e. The lowest BCUT2D eigenvalue weighted by Crippen LogP contribution is -2.03. The molecular weight excluding hydrogens is 244 g/mol. The fourth-order valence-electron chi connectivity index (χ4n) is 1.98. The third kappa shape index (κ3) is 1.69. The van der Waals surface area contributed by atoms with Crippen molar-refractivity contribution < 1.29 is 4.52 Å². The van der Waals surface area contributed by atoms with Crippen LogP contribution in [0.1, 0.15) is 49.5 Å². The number of nitrogens with zero attached hydrogens (tertiary/aromatic N) is 2. The number of halogens is 1. The second-order valence-electron chi connectivity index (χ2n) is 3.66. The first-order valence-corrected chi connectivity index (χ1v) is 5.67. The van der Waals surface area contributed by atoms with E-state index in [4.69, 9.17) is 9.78 Å². The van der Waals surface area contributed by atoms with Gasteiger partial charge >= 0.3 is 0 Å². The maximum atomic E-state index is 8.73. The fourth-order valence-corrected chi connectivity index (χ4v) is 2.54. The van der Waals surface area contributed by atoms with Crippen LogP contribution in [0.5, 0.6) is 0 Å². The van der Waals surface area contributed by atoms with Crippen LogP contribution < -0.4 is 0 Å². The van der Waals surface area contributed by atoms with Gasteiger partial charge in [-0.15, -0.1) is 0 Å². The Morgan fingerprint density at radius 3 is 2.64 bits per heavy atom. The van der Waals surface area contributed by atoms with Crippen molar-refractivity contribution in [2.24, 2.45) is 0 Å². The van der Waals surface area contributed by atoms with Gasteiger partial charge in [0, 0.05) is 5.92 Å². The second kappa shape index (κ2) is 4.14. The maximum Gasteiger partial charge on any atom is 0.197 e. The minimum atomic E-state index is 0.366. The molecule has 0 aliphatic heterocycles. The van der Waals surface area contributed by atoms with Gasteiger partial charge in [-0.2, -0.15) is 5.26 Å². The lowest BCUT2D eigenvalue weighted by molar-refractivity contribution is 0.319. The van der Waals surface area contributed by atoms with Crippen LogP contribution in [0.25, 0.3) is 0 Å². The standard InChI is InChI=1S/C10H11BrN2O/c11-9-8(6-12)13-14-10(9)7-4-2-1-3-5-7/h7H,1-5H2. The number of aromatic nitrogens is 1. The van der Waals surface area contributed by atoms with Gasteiger partial charge in [0.2, 0.25) is 0 Å². The zero-order valence-electron chi connectivity index (χ0n) is 7.79. The van der Waals surface area contributed by atoms with Crippen LogP contribution in [0.15, 0.2) is 9.00 Å². The molecule has 1 aliphatic rings. The lowest BCUT2D eigenvalue weighted by Gasteiger charge is -2.18. The molecule has 1 aliphatic carbocycles. The number of rotatable bonds is 1. The van der Waals surface area contributed by atoms with E-state index in [9.17, 15) is 0 Å². The van der Waals surface area contributed by atoms with Crippen molar-refractivity contribution in [3.63, 3.8) is 0 Å². The van der Waals surface area contributed by atoms with Gasteiger partial charge in [-0.25, -0.2) is 0 Å². The molecule has 74 valence electrons. The van der Waals surface area contributed by atoms with Gasteiger partial charge in [-0.3, -0.25) is 0 Å². The zero-order valence-corrected chi connectivity index (χ0v) is 9.38. The van der Waals surface area contributed by atoms with Crippen molar-refractivity contribution in [2.75, 3.05) is 0 Å². The Labute approximate surface area is 91.2 Å². The van der Waals surface area contributed by atoms with Crippen molar-refractivity contribution in [3.8, 4) is 6.07 Å². The van der Waals surface area contributed by atoms with Crippen LogP contribution in [-0.2, 0) is 0 Å². The molecule has 0 amide bonds. The maximum absolute atomic E-state index is 8.73. The van der Waals surface area contributed by atoms with Gasteiger partial charge in [0.05, 0.1) is 4.47 Å². The fraction of sp³-hybridized carbons (Fsp3) is 0.600. The SMILES string of the molecule is N#Cc1noc(C2CCCCC2)c1Br. The summed E-state index contributed by atoms with van der Waals surface area (Å²) in [6, 6.07) is 2.00. The molecule has 0 unspecified atom stereocenters. The van der Waals surface area contributed by atoms with Crippen LogP contribution >= 0.6 is 15.9 Å². The second-order valence-corrected chi connectivity index (χ2v) is 4.45. The highest BCUT2D eigenvalue weighted by Crippen LogP contribution is 2.37. The predicted octanol–water partition coefficient (Wildman–Crippen LogP) is 3.36. The van der Waals surface area contributed by atoms with E-state index in [1.54, 1.807) is 0 Å². The summed E-state index contributed by atoms with van der Waals surface area (Å²) in [6.07, 6.45) is 6.12. The molecule has 1 aromatic rings. The van der Waals surface area contributed by atoms with Crippen LogP contribution in [0, 0.1) is 11.3 Å². The highest BCUT2D eigenvalue weighted by Gasteiger charge is 2.24. The number of hydrogen-bond acceptors (Lipinski definition) is 3. The van der Waals surface area contributed by atoms with E-state index in [0.717, 1.165) is 23.1 Å². The van der Waals surface area contributed by atoms with Gasteiger partial charge < -0.3 is 4.52 Å². The molecule has 1 heterocycles. The lowest BCUT2D eigenvalue weighted by atomic mass is 9.87. The molecule has 3 nitrogen and oxygen atoms in total. The Morgan fingerprint density at radius 1 is 1.36 bits per heavy atom. The Bertz CT molecular complexity index is 361. The van der Waals surface area contributed by atoms with E-state index in [0.29, 0.717) is 11.6 Å². The van der Waals surface area contributed by atoms with Gasteiger partial charge in [0.15, 0.2) is 11.5 Å². The van der Waals surface area contributed by atoms with Crippen molar-refractivity contribution in [2.45, 2.75) is 38.0 Å². The zero-order chi connectivity index (χ0) is 9.97. The minimum Gasteiger partial charge on any atom is -0.359 e. The summed E-state index contributed by atoms with van der Waals surface area (Å²) in [5, 5.41) is 12.5. The van der Waals surface area contributed by atoms with Crippen molar-refractivity contribution in [3.05, 3.63) is 15.9 Å². The first-order valence-electron chi connectivity index (χ1n) is 4.88. The average molecular weight is 255 g/mol. The first-order chi connectivity index (χ1) is 6.83. The summed E-state index contributed by atoms with van der Waals surface area (Å²) in [5.74, 6) is 1.31. The molecule has 0 N–H and O–H groups in total. The van der Waals surface area contributed by atoms with Crippen LogP contribution in [0.3, 0.4) is 0 Å². The van der Waals surface area contributed by atoms with Gasteiger partial charge in [0.1, 0.15) is 6.07 Å². The van der Waals surface area contributed by atoms with Crippen LogP contribution in [0.4, 0.5) is 0 Å². The summed E-state index contributed by atoms with van der Waals surface area (Å²) >= 11 is 3.37. The predicted molar refractivity (Wildman–Crippen MR) is 54.7 cm³/mol. The van der Waals surface area contributed by atoms with Crippen molar-refractivity contribution >= 4 is 15.9 Å². The number of hydrogen-bond donors (Lipinski definition) is 0. The van der Waals surface area contributed by atoms with E-state index >= 15 is 0 Å². The molecule has 2 rings (SSSR count). The largest absolute Gasteiger partial charge is 0.359 e. The molecule has 1 fully saturated rings. The van der Waals surface area contributed by atoms with E-state index < -0.39 is 0 Å². The van der Waals surface area contributed by atoms with E-state index in [1.807, 2.05) is 6.07 Å². The molecule has 0 radical (unpaired) electrons. The third-order valence-electron chi connectivity index (χ3n) is 2.74. The Morgan fingerprint density at radius 2 is 2.07 bits per heavy atom. The van der Waals surface area contributed by atoms with E-state index in [2.05, 4.69) is 21.1 Å². The third-order valence-corrected chi connectivity index (χ3v) is 3.51. The summed E-state index contributed by atoms with van der Waals surface area (Å²) in [6.45, 7) is 0. The summed E-state index contributed by atoms with van der Waals surface area (Å²) in [5.41, 5.74) is 0.366. The molecule has 0 saturated heterocycles.